The summed E-state index contributed by atoms with van der Waals surface area (Å²) >= 11 is 0. The van der Waals surface area contributed by atoms with E-state index in [1.807, 2.05) is 0 Å². The maximum absolute atomic E-state index is 10.9. The molecule has 170 valence electrons. The highest BCUT2D eigenvalue weighted by Crippen LogP contribution is 2.54. The number of aliphatic carboxylic acids is 2. The first-order valence-corrected chi connectivity index (χ1v) is 12.2. The lowest BCUT2D eigenvalue weighted by atomic mass is 9.54. The molecule has 30 heavy (non-hydrogen) atoms. The second-order valence-corrected chi connectivity index (χ2v) is 10.3. The zero-order chi connectivity index (χ0) is 21.1. The summed E-state index contributed by atoms with van der Waals surface area (Å²) < 4.78 is 11.3. The van der Waals surface area contributed by atoms with E-state index in [0.29, 0.717) is 11.8 Å². The van der Waals surface area contributed by atoms with E-state index in [2.05, 4.69) is 0 Å². The molecule has 4 fully saturated rings. The molecular formula is C24H38O6. The lowest BCUT2D eigenvalue weighted by molar-refractivity contribution is -0.148. The molecule has 0 aromatic rings. The van der Waals surface area contributed by atoms with Crippen LogP contribution in [0.2, 0.25) is 0 Å². The van der Waals surface area contributed by atoms with Gasteiger partial charge in [-0.15, -0.1) is 0 Å². The van der Waals surface area contributed by atoms with Gasteiger partial charge >= 0.3 is 11.9 Å². The molecular weight excluding hydrogens is 384 g/mol. The standard InChI is InChI=1S/C24H38O6/c25-23(26)13-29-17-7-9-19-15(11-17)3-1-5-21(19)22-6-2-4-16-12-18(8-10-20(16)22)30-14-24(27)28/h15-22H,1-14H2,(H,25,26)(H,27,28). The Morgan fingerprint density at radius 1 is 0.600 bits per heavy atom. The average Bonchev–Trinajstić information content (AvgIpc) is 2.75. The fraction of sp³-hybridized carbons (Fsp3) is 0.917. The number of hydrogen-bond donors (Lipinski definition) is 2. The largest absolute Gasteiger partial charge is 0.480 e. The lowest BCUT2D eigenvalue weighted by Gasteiger charge is -2.52. The van der Waals surface area contributed by atoms with Crippen molar-refractivity contribution < 1.29 is 29.3 Å². The molecule has 0 aromatic heterocycles. The van der Waals surface area contributed by atoms with Crippen LogP contribution in [0.4, 0.5) is 0 Å². The van der Waals surface area contributed by atoms with Crippen molar-refractivity contribution in [1.82, 2.24) is 0 Å². The van der Waals surface area contributed by atoms with Crippen LogP contribution < -0.4 is 0 Å². The van der Waals surface area contributed by atoms with Crippen LogP contribution in [0, 0.1) is 35.5 Å². The normalized spacial score (nSPS) is 41.5. The summed E-state index contributed by atoms with van der Waals surface area (Å²) in [6, 6.07) is 0. The third kappa shape index (κ3) is 5.18. The molecule has 4 aliphatic rings. The quantitative estimate of drug-likeness (QED) is 0.633. The van der Waals surface area contributed by atoms with Crippen molar-refractivity contribution in [2.45, 2.75) is 89.3 Å². The van der Waals surface area contributed by atoms with E-state index >= 15 is 0 Å². The zero-order valence-corrected chi connectivity index (χ0v) is 18.0. The number of rotatable bonds is 7. The van der Waals surface area contributed by atoms with Crippen molar-refractivity contribution >= 4 is 11.9 Å². The van der Waals surface area contributed by atoms with E-state index in [-0.39, 0.29) is 25.4 Å². The SMILES string of the molecule is O=C(O)COC1CCC2C(CCCC2C2CCCC3CC(OCC(=O)O)CCC32)C1. The minimum atomic E-state index is -0.866. The van der Waals surface area contributed by atoms with Gasteiger partial charge in [0.05, 0.1) is 12.2 Å². The molecule has 4 rings (SSSR count). The van der Waals surface area contributed by atoms with Crippen molar-refractivity contribution in [1.29, 1.82) is 0 Å². The summed E-state index contributed by atoms with van der Waals surface area (Å²) in [7, 11) is 0. The van der Waals surface area contributed by atoms with Gasteiger partial charge in [-0.3, -0.25) is 0 Å². The monoisotopic (exact) mass is 422 g/mol. The number of carboxylic acid groups (broad SMARTS) is 2. The smallest absolute Gasteiger partial charge is 0.329 e. The summed E-state index contributed by atoms with van der Waals surface area (Å²) in [4.78, 5) is 21.7. The Labute approximate surface area is 179 Å². The minimum absolute atomic E-state index is 0.127. The van der Waals surface area contributed by atoms with Gasteiger partial charge in [-0.05, 0) is 86.9 Å². The highest BCUT2D eigenvalue weighted by atomic mass is 16.5. The predicted molar refractivity (Wildman–Crippen MR) is 111 cm³/mol. The summed E-state index contributed by atoms with van der Waals surface area (Å²) in [5.41, 5.74) is 0. The number of carbonyl (C=O) groups is 2. The van der Waals surface area contributed by atoms with E-state index in [4.69, 9.17) is 19.7 Å². The van der Waals surface area contributed by atoms with Gasteiger partial charge in [-0.1, -0.05) is 25.7 Å². The van der Waals surface area contributed by atoms with Gasteiger partial charge in [-0.25, -0.2) is 9.59 Å². The number of carboxylic acids is 2. The molecule has 0 aromatic carbocycles. The lowest BCUT2D eigenvalue weighted by Crippen LogP contribution is -2.45. The van der Waals surface area contributed by atoms with Gasteiger partial charge in [0.25, 0.3) is 0 Å². The highest BCUT2D eigenvalue weighted by Gasteiger charge is 2.47. The Kier molecular flexibility index (Phi) is 7.35. The van der Waals surface area contributed by atoms with Crippen molar-refractivity contribution in [3.8, 4) is 0 Å². The molecule has 0 aliphatic heterocycles. The Morgan fingerprint density at radius 2 is 1.03 bits per heavy atom. The fourth-order valence-corrected chi connectivity index (χ4v) is 7.68. The maximum atomic E-state index is 10.9. The fourth-order valence-electron chi connectivity index (χ4n) is 7.68. The molecule has 0 heterocycles. The van der Waals surface area contributed by atoms with Crippen molar-refractivity contribution in [2.75, 3.05) is 13.2 Å². The van der Waals surface area contributed by atoms with Crippen LogP contribution in [0.1, 0.15) is 77.0 Å². The molecule has 4 aliphatic carbocycles. The molecule has 0 radical (unpaired) electrons. The van der Waals surface area contributed by atoms with Gasteiger partial charge in [0.2, 0.25) is 0 Å². The van der Waals surface area contributed by atoms with Gasteiger partial charge in [0.1, 0.15) is 13.2 Å². The van der Waals surface area contributed by atoms with E-state index in [0.717, 1.165) is 49.4 Å². The van der Waals surface area contributed by atoms with Crippen molar-refractivity contribution in [3.63, 3.8) is 0 Å². The molecule has 0 spiro atoms. The average molecular weight is 423 g/mol. The molecule has 0 bridgehead atoms. The first kappa shape index (κ1) is 22.1. The van der Waals surface area contributed by atoms with Crippen molar-refractivity contribution in [3.05, 3.63) is 0 Å². The molecule has 0 saturated heterocycles. The van der Waals surface area contributed by atoms with Crippen LogP contribution in [0.25, 0.3) is 0 Å². The summed E-state index contributed by atoms with van der Waals surface area (Å²) in [6.45, 7) is -0.327. The van der Waals surface area contributed by atoms with E-state index in [1.165, 1.54) is 51.4 Å². The molecule has 6 nitrogen and oxygen atoms in total. The van der Waals surface area contributed by atoms with E-state index < -0.39 is 11.9 Å². The van der Waals surface area contributed by atoms with Crippen LogP contribution in [0.15, 0.2) is 0 Å². The first-order valence-electron chi connectivity index (χ1n) is 12.2. The molecule has 0 amide bonds. The molecule has 8 unspecified atom stereocenters. The third-order valence-electron chi connectivity index (χ3n) is 8.75. The van der Waals surface area contributed by atoms with Crippen LogP contribution in [0.3, 0.4) is 0 Å². The maximum Gasteiger partial charge on any atom is 0.329 e. The van der Waals surface area contributed by atoms with Gasteiger partial charge in [0, 0.05) is 0 Å². The first-order chi connectivity index (χ1) is 14.5. The van der Waals surface area contributed by atoms with Gasteiger partial charge in [0.15, 0.2) is 0 Å². The predicted octanol–water partition coefficient (Wildman–Crippen LogP) is 4.36. The Morgan fingerprint density at radius 3 is 1.43 bits per heavy atom. The van der Waals surface area contributed by atoms with Crippen LogP contribution in [-0.4, -0.2) is 47.6 Å². The second kappa shape index (κ2) is 9.99. The van der Waals surface area contributed by atoms with Crippen LogP contribution >= 0.6 is 0 Å². The number of ether oxygens (including phenoxy) is 2. The molecule has 6 heteroatoms. The van der Waals surface area contributed by atoms with E-state index in [1.54, 1.807) is 0 Å². The van der Waals surface area contributed by atoms with Crippen LogP contribution in [0.5, 0.6) is 0 Å². The topological polar surface area (TPSA) is 93.1 Å². The molecule has 4 saturated carbocycles. The summed E-state index contributed by atoms with van der Waals surface area (Å²) in [5, 5.41) is 17.8. The Balaban J connectivity index is 1.35. The van der Waals surface area contributed by atoms with Gasteiger partial charge < -0.3 is 19.7 Å². The second-order valence-electron chi connectivity index (χ2n) is 10.3. The molecule has 8 atom stereocenters. The highest BCUT2D eigenvalue weighted by molar-refractivity contribution is 5.68. The third-order valence-corrected chi connectivity index (χ3v) is 8.75. The number of fused-ring (bicyclic) bond motifs is 2. The van der Waals surface area contributed by atoms with E-state index in [9.17, 15) is 9.59 Å². The number of hydrogen-bond acceptors (Lipinski definition) is 4. The Bertz CT molecular complexity index is 555. The zero-order valence-electron chi connectivity index (χ0n) is 18.0. The van der Waals surface area contributed by atoms with Gasteiger partial charge in [-0.2, -0.15) is 0 Å². The van der Waals surface area contributed by atoms with Crippen LogP contribution in [-0.2, 0) is 19.1 Å². The minimum Gasteiger partial charge on any atom is -0.480 e. The van der Waals surface area contributed by atoms with Crippen molar-refractivity contribution in [2.24, 2.45) is 35.5 Å². The summed E-state index contributed by atoms with van der Waals surface area (Å²) in [5.74, 6) is 2.87. The molecule has 2 N–H and O–H groups in total. The summed E-state index contributed by atoms with van der Waals surface area (Å²) in [6.07, 6.45) is 14.6. The Hall–Kier alpha value is -1.14.